The number of ether oxygens (including phenoxy) is 1. The first kappa shape index (κ1) is 11.5. The van der Waals surface area contributed by atoms with Gasteiger partial charge < -0.3 is 10.5 Å². The summed E-state index contributed by atoms with van der Waals surface area (Å²) in [4.78, 5) is 1.39. The normalized spacial score (nSPS) is 10.5. The lowest BCUT2D eigenvalue weighted by Gasteiger charge is -2.02. The molecular formula is C10H12FN5O. The predicted molar refractivity (Wildman–Crippen MR) is 57.6 cm³/mol. The second kappa shape index (κ2) is 5.35. The highest BCUT2D eigenvalue weighted by Crippen LogP contribution is 2.12. The molecule has 0 amide bonds. The summed E-state index contributed by atoms with van der Waals surface area (Å²) >= 11 is 0. The largest absolute Gasteiger partial charge is 0.485 e. The van der Waals surface area contributed by atoms with E-state index in [2.05, 4.69) is 15.4 Å². The molecule has 0 aliphatic heterocycles. The third-order valence-corrected chi connectivity index (χ3v) is 1.99. The minimum Gasteiger partial charge on any atom is -0.485 e. The third-order valence-electron chi connectivity index (χ3n) is 1.99. The van der Waals surface area contributed by atoms with E-state index in [0.717, 1.165) is 0 Å². The Morgan fingerprint density at radius 3 is 3.06 bits per heavy atom. The average Bonchev–Trinajstić information content (AvgIpc) is 2.75. The Kier molecular flexibility index (Phi) is 3.61. The second-order valence-corrected chi connectivity index (χ2v) is 3.34. The van der Waals surface area contributed by atoms with Crippen LogP contribution in [-0.4, -0.2) is 26.8 Å². The number of hydrogen-bond acceptors (Lipinski definition) is 5. The molecule has 2 N–H and O–H groups in total. The first-order chi connectivity index (χ1) is 8.28. The van der Waals surface area contributed by atoms with E-state index in [4.69, 9.17) is 10.5 Å². The summed E-state index contributed by atoms with van der Waals surface area (Å²) in [6.07, 6.45) is 0. The van der Waals surface area contributed by atoms with E-state index in [0.29, 0.717) is 24.7 Å². The van der Waals surface area contributed by atoms with Gasteiger partial charge in [0.15, 0.2) is 6.61 Å². The van der Waals surface area contributed by atoms with Gasteiger partial charge in [-0.3, -0.25) is 0 Å². The van der Waals surface area contributed by atoms with Crippen LogP contribution >= 0.6 is 0 Å². The summed E-state index contributed by atoms with van der Waals surface area (Å²) in [5, 5.41) is 11.6. The summed E-state index contributed by atoms with van der Waals surface area (Å²) in [7, 11) is 0. The van der Waals surface area contributed by atoms with Gasteiger partial charge in [-0.15, -0.1) is 10.2 Å². The van der Waals surface area contributed by atoms with Gasteiger partial charge in [-0.25, -0.2) is 4.39 Å². The molecule has 17 heavy (non-hydrogen) atoms. The monoisotopic (exact) mass is 237 g/mol. The highest BCUT2D eigenvalue weighted by molar-refractivity contribution is 5.22. The highest BCUT2D eigenvalue weighted by atomic mass is 19.1. The molecule has 0 atom stereocenters. The maximum Gasteiger partial charge on any atom is 0.212 e. The number of rotatable bonds is 5. The van der Waals surface area contributed by atoms with Crippen molar-refractivity contribution in [1.82, 2.24) is 20.2 Å². The molecule has 0 saturated heterocycles. The van der Waals surface area contributed by atoms with Crippen LogP contribution in [0, 0.1) is 5.82 Å². The first-order valence-corrected chi connectivity index (χ1v) is 5.13. The van der Waals surface area contributed by atoms with Crippen molar-refractivity contribution in [2.75, 3.05) is 6.54 Å². The molecule has 1 heterocycles. The number of benzene rings is 1. The molecule has 2 rings (SSSR count). The smallest absolute Gasteiger partial charge is 0.212 e. The van der Waals surface area contributed by atoms with Gasteiger partial charge in [0.1, 0.15) is 11.6 Å². The van der Waals surface area contributed by atoms with E-state index in [9.17, 15) is 4.39 Å². The highest BCUT2D eigenvalue weighted by Gasteiger charge is 2.03. The molecule has 2 aromatic rings. The van der Waals surface area contributed by atoms with Crippen LogP contribution in [0.25, 0.3) is 0 Å². The topological polar surface area (TPSA) is 78.9 Å². The minimum atomic E-state index is -0.345. The molecule has 0 bridgehead atoms. The fourth-order valence-electron chi connectivity index (χ4n) is 1.25. The van der Waals surface area contributed by atoms with E-state index < -0.39 is 0 Å². The fourth-order valence-corrected chi connectivity index (χ4v) is 1.25. The number of nitrogens with two attached hydrogens (primary N) is 1. The van der Waals surface area contributed by atoms with E-state index >= 15 is 0 Å². The zero-order valence-electron chi connectivity index (χ0n) is 9.08. The molecule has 6 nitrogen and oxygen atoms in total. The van der Waals surface area contributed by atoms with Crippen LogP contribution in [0.1, 0.15) is 5.82 Å². The summed E-state index contributed by atoms with van der Waals surface area (Å²) in [5.74, 6) is 0.519. The van der Waals surface area contributed by atoms with E-state index in [-0.39, 0.29) is 12.4 Å². The lowest BCUT2D eigenvalue weighted by Crippen LogP contribution is -2.12. The summed E-state index contributed by atoms with van der Waals surface area (Å²) < 4.78 is 18.2. The van der Waals surface area contributed by atoms with Gasteiger partial charge in [-0.1, -0.05) is 6.07 Å². The summed E-state index contributed by atoms with van der Waals surface area (Å²) in [6.45, 7) is 1.10. The van der Waals surface area contributed by atoms with Gasteiger partial charge in [0.2, 0.25) is 5.82 Å². The molecule has 0 radical (unpaired) electrons. The van der Waals surface area contributed by atoms with Crippen molar-refractivity contribution in [3.63, 3.8) is 0 Å². The number of tetrazole rings is 1. The quantitative estimate of drug-likeness (QED) is 0.811. The number of hydrogen-bond donors (Lipinski definition) is 1. The van der Waals surface area contributed by atoms with E-state index in [1.807, 2.05) is 0 Å². The second-order valence-electron chi connectivity index (χ2n) is 3.34. The van der Waals surface area contributed by atoms with Crippen LogP contribution < -0.4 is 10.5 Å². The predicted octanol–water partition coefficient (Wildman–Crippen LogP) is 0.350. The van der Waals surface area contributed by atoms with E-state index in [1.165, 1.54) is 16.9 Å². The Labute approximate surface area is 97.2 Å². The first-order valence-electron chi connectivity index (χ1n) is 5.13. The van der Waals surface area contributed by atoms with Crippen LogP contribution in [0.5, 0.6) is 5.75 Å². The van der Waals surface area contributed by atoms with Crippen molar-refractivity contribution < 1.29 is 9.13 Å². The molecule has 0 saturated carbocycles. The molecule has 0 unspecified atom stereocenters. The Balaban J connectivity index is 1.93. The molecule has 1 aromatic heterocycles. The van der Waals surface area contributed by atoms with Crippen molar-refractivity contribution in [2.24, 2.45) is 5.73 Å². The average molecular weight is 237 g/mol. The zero-order chi connectivity index (χ0) is 12.1. The lowest BCUT2D eigenvalue weighted by atomic mass is 10.3. The Hall–Kier alpha value is -2.02. The van der Waals surface area contributed by atoms with Crippen LogP contribution in [0.4, 0.5) is 4.39 Å². The minimum absolute atomic E-state index is 0.147. The molecule has 0 spiro atoms. The van der Waals surface area contributed by atoms with Gasteiger partial charge >= 0.3 is 0 Å². The molecular weight excluding hydrogens is 225 g/mol. The SMILES string of the molecule is NCCn1nnc(COc2cccc(F)c2)n1. The summed E-state index contributed by atoms with van der Waals surface area (Å²) in [5.41, 5.74) is 5.35. The van der Waals surface area contributed by atoms with Gasteiger partial charge in [-0.2, -0.15) is 4.80 Å². The summed E-state index contributed by atoms with van der Waals surface area (Å²) in [6, 6.07) is 5.88. The van der Waals surface area contributed by atoms with Crippen molar-refractivity contribution in [3.05, 3.63) is 35.9 Å². The Bertz CT molecular complexity index is 487. The van der Waals surface area contributed by atoms with Gasteiger partial charge in [0.05, 0.1) is 6.54 Å². The molecule has 0 fully saturated rings. The van der Waals surface area contributed by atoms with Gasteiger partial charge in [-0.05, 0) is 17.3 Å². The van der Waals surface area contributed by atoms with Crippen molar-refractivity contribution in [2.45, 2.75) is 13.2 Å². The lowest BCUT2D eigenvalue weighted by molar-refractivity contribution is 0.293. The molecule has 0 aliphatic rings. The van der Waals surface area contributed by atoms with Gasteiger partial charge in [0.25, 0.3) is 0 Å². The maximum absolute atomic E-state index is 12.9. The van der Waals surface area contributed by atoms with Crippen LogP contribution in [0.3, 0.4) is 0 Å². The molecule has 90 valence electrons. The Morgan fingerprint density at radius 1 is 1.41 bits per heavy atom. The molecule has 0 aliphatic carbocycles. The Morgan fingerprint density at radius 2 is 2.29 bits per heavy atom. The van der Waals surface area contributed by atoms with Crippen molar-refractivity contribution >= 4 is 0 Å². The van der Waals surface area contributed by atoms with Crippen LogP contribution in [0.15, 0.2) is 24.3 Å². The van der Waals surface area contributed by atoms with Crippen LogP contribution in [-0.2, 0) is 13.2 Å². The van der Waals surface area contributed by atoms with E-state index in [1.54, 1.807) is 12.1 Å². The zero-order valence-corrected chi connectivity index (χ0v) is 9.08. The van der Waals surface area contributed by atoms with Crippen molar-refractivity contribution in [1.29, 1.82) is 0 Å². The van der Waals surface area contributed by atoms with Crippen LogP contribution in [0.2, 0.25) is 0 Å². The standard InChI is InChI=1S/C10H12FN5O/c11-8-2-1-3-9(6-8)17-7-10-13-15-16(14-10)5-4-12/h1-3,6H,4-5,7,12H2. The third kappa shape index (κ3) is 3.22. The molecule has 1 aromatic carbocycles. The van der Waals surface area contributed by atoms with Gasteiger partial charge in [0, 0.05) is 12.6 Å². The maximum atomic E-state index is 12.9. The fraction of sp³-hybridized carbons (Fsp3) is 0.300. The van der Waals surface area contributed by atoms with Crippen molar-refractivity contribution in [3.8, 4) is 5.75 Å². The molecule has 7 heteroatoms. The number of aromatic nitrogens is 4. The number of nitrogens with zero attached hydrogens (tertiary/aromatic N) is 4. The number of halogens is 1.